The second-order valence-electron chi connectivity index (χ2n) is 4.00. The number of aromatic nitrogens is 2. The molecule has 5 N–H and O–H groups in total. The summed E-state index contributed by atoms with van der Waals surface area (Å²) >= 11 is 0. The normalized spacial score (nSPS) is 11.2. The Kier molecular flexibility index (Phi) is 3.36. The first kappa shape index (κ1) is 13.9. The molecule has 0 spiro atoms. The highest BCUT2D eigenvalue weighted by atomic mass is 32.2. The van der Waals surface area contributed by atoms with E-state index in [2.05, 4.69) is 9.97 Å². The molecule has 1 aromatic heterocycles. The molecule has 0 bridgehead atoms. The van der Waals surface area contributed by atoms with Crippen molar-refractivity contribution in [2.75, 3.05) is 10.5 Å². The maximum atomic E-state index is 12.1. The molecule has 1 heterocycles. The molecule has 0 unspecified atom stereocenters. The number of phenolic OH excluding ortho intramolecular Hbond substituents is 1. The van der Waals surface area contributed by atoms with Crippen LogP contribution < -0.4 is 10.5 Å². The molecule has 0 radical (unpaired) electrons. The van der Waals surface area contributed by atoms with Crippen molar-refractivity contribution < 1.29 is 18.6 Å². The number of nitrogens with zero attached hydrogens (tertiary/aromatic N) is 2. The third-order valence-electron chi connectivity index (χ3n) is 2.51. The van der Waals surface area contributed by atoms with Crippen molar-refractivity contribution in [3.8, 4) is 11.6 Å². The van der Waals surface area contributed by atoms with E-state index in [0.29, 0.717) is 5.56 Å². The summed E-state index contributed by atoms with van der Waals surface area (Å²) in [6.45, 7) is 1.57. The van der Waals surface area contributed by atoms with Crippen LogP contribution in [0.15, 0.2) is 29.3 Å². The molecular weight excluding hydrogens is 284 g/mol. The maximum Gasteiger partial charge on any atom is 0.267 e. The van der Waals surface area contributed by atoms with E-state index in [1.165, 1.54) is 12.1 Å². The fourth-order valence-corrected chi connectivity index (χ4v) is 2.58. The molecule has 0 fully saturated rings. The van der Waals surface area contributed by atoms with Crippen molar-refractivity contribution in [1.29, 1.82) is 0 Å². The minimum atomic E-state index is -4.07. The van der Waals surface area contributed by atoms with Gasteiger partial charge < -0.3 is 15.9 Å². The zero-order chi connectivity index (χ0) is 14.9. The van der Waals surface area contributed by atoms with E-state index in [1.54, 1.807) is 13.0 Å². The number of sulfonamides is 1. The van der Waals surface area contributed by atoms with Gasteiger partial charge in [0.2, 0.25) is 11.8 Å². The van der Waals surface area contributed by atoms with Crippen molar-refractivity contribution in [2.45, 2.75) is 11.8 Å². The molecule has 8 nitrogen and oxygen atoms in total. The molecule has 1 aromatic carbocycles. The minimum absolute atomic E-state index is 0.0775. The molecule has 0 saturated carbocycles. The van der Waals surface area contributed by atoms with Crippen LogP contribution in [0.1, 0.15) is 5.56 Å². The van der Waals surface area contributed by atoms with Gasteiger partial charge in [0.25, 0.3) is 10.0 Å². The lowest BCUT2D eigenvalue weighted by Crippen LogP contribution is -2.15. The van der Waals surface area contributed by atoms with Crippen LogP contribution in [0.5, 0.6) is 11.6 Å². The Hall–Kier alpha value is -2.55. The summed E-state index contributed by atoms with van der Waals surface area (Å²) in [5.41, 5.74) is 5.65. The van der Waals surface area contributed by atoms with Crippen LogP contribution in [0.25, 0.3) is 0 Å². The Morgan fingerprint density at radius 3 is 2.65 bits per heavy atom. The Morgan fingerprint density at radius 2 is 2.00 bits per heavy atom. The van der Waals surface area contributed by atoms with Crippen LogP contribution in [0.2, 0.25) is 0 Å². The van der Waals surface area contributed by atoms with Crippen LogP contribution in [0.4, 0.5) is 11.6 Å². The third-order valence-corrected chi connectivity index (χ3v) is 3.87. The Bertz CT molecular complexity index is 761. The number of nitrogens with one attached hydrogen (secondary N) is 1. The number of hydrogen-bond donors (Lipinski definition) is 4. The standard InChI is InChI=1S/C11H12N4O4S/c1-6-3-2-4-8(9(6)16)20(18,19)15-11-13-5-7(12)10(17)14-11/h2-5,16H,12H2,1H3,(H2,13,14,15,17). The number of nitrogens with two attached hydrogens (primary N) is 1. The number of aryl methyl sites for hydroxylation is 1. The number of phenols is 1. The monoisotopic (exact) mass is 296 g/mol. The highest BCUT2D eigenvalue weighted by molar-refractivity contribution is 7.92. The maximum absolute atomic E-state index is 12.1. The van der Waals surface area contributed by atoms with Gasteiger partial charge in [-0.3, -0.25) is 0 Å². The molecule has 0 amide bonds. The van der Waals surface area contributed by atoms with E-state index in [-0.39, 0.29) is 22.3 Å². The third kappa shape index (κ3) is 2.57. The van der Waals surface area contributed by atoms with Gasteiger partial charge in [0.05, 0.1) is 6.20 Å². The molecule has 2 rings (SSSR count). The summed E-state index contributed by atoms with van der Waals surface area (Å²) in [6.07, 6.45) is 1.07. The fraction of sp³-hybridized carbons (Fsp3) is 0.0909. The first-order chi connectivity index (χ1) is 9.31. The topological polar surface area (TPSA) is 138 Å². The average molecular weight is 296 g/mol. The highest BCUT2D eigenvalue weighted by Gasteiger charge is 2.21. The zero-order valence-electron chi connectivity index (χ0n) is 10.4. The predicted octanol–water partition coefficient (Wildman–Crippen LogP) is 0.579. The van der Waals surface area contributed by atoms with E-state index in [9.17, 15) is 18.6 Å². The number of rotatable bonds is 3. The van der Waals surface area contributed by atoms with E-state index < -0.39 is 15.9 Å². The van der Waals surface area contributed by atoms with Crippen molar-refractivity contribution in [1.82, 2.24) is 9.97 Å². The molecule has 0 aliphatic heterocycles. The number of para-hydroxylation sites is 1. The zero-order valence-corrected chi connectivity index (χ0v) is 11.2. The molecule has 9 heteroatoms. The van der Waals surface area contributed by atoms with Crippen LogP contribution in [-0.4, -0.2) is 28.6 Å². The number of hydrogen-bond acceptors (Lipinski definition) is 7. The van der Waals surface area contributed by atoms with Crippen LogP contribution >= 0.6 is 0 Å². The summed E-state index contributed by atoms with van der Waals surface area (Å²) in [4.78, 5) is 6.81. The summed E-state index contributed by atoms with van der Waals surface area (Å²) in [7, 11) is -4.07. The van der Waals surface area contributed by atoms with Gasteiger partial charge in [-0.15, -0.1) is 0 Å². The average Bonchev–Trinajstić information content (AvgIpc) is 2.36. The van der Waals surface area contributed by atoms with Gasteiger partial charge in [0.1, 0.15) is 16.3 Å². The van der Waals surface area contributed by atoms with Gasteiger partial charge in [0.15, 0.2) is 0 Å². The SMILES string of the molecule is Cc1cccc(S(=O)(=O)Nc2ncc(N)c(O)n2)c1O. The van der Waals surface area contributed by atoms with Gasteiger partial charge in [-0.25, -0.2) is 18.1 Å². The molecule has 0 aliphatic rings. The second kappa shape index (κ2) is 4.85. The first-order valence-electron chi connectivity index (χ1n) is 5.44. The Morgan fingerprint density at radius 1 is 1.30 bits per heavy atom. The van der Waals surface area contributed by atoms with Crippen molar-refractivity contribution in [3.05, 3.63) is 30.0 Å². The summed E-state index contributed by atoms with van der Waals surface area (Å²) in [5, 5.41) is 19.1. The van der Waals surface area contributed by atoms with E-state index in [4.69, 9.17) is 5.73 Å². The smallest absolute Gasteiger partial charge is 0.267 e. The molecule has 0 atom stereocenters. The van der Waals surface area contributed by atoms with Crippen molar-refractivity contribution in [3.63, 3.8) is 0 Å². The molecule has 20 heavy (non-hydrogen) atoms. The quantitative estimate of drug-likeness (QED) is 0.649. The van der Waals surface area contributed by atoms with Crippen LogP contribution in [-0.2, 0) is 10.0 Å². The van der Waals surface area contributed by atoms with E-state index in [1.807, 2.05) is 4.72 Å². The van der Waals surface area contributed by atoms with E-state index >= 15 is 0 Å². The fourth-order valence-electron chi connectivity index (χ4n) is 1.46. The predicted molar refractivity (Wildman–Crippen MR) is 71.8 cm³/mol. The molecule has 0 aliphatic carbocycles. The van der Waals surface area contributed by atoms with E-state index in [0.717, 1.165) is 6.20 Å². The lowest BCUT2D eigenvalue weighted by molar-refractivity contribution is 0.454. The minimum Gasteiger partial charge on any atom is -0.506 e. The first-order valence-corrected chi connectivity index (χ1v) is 6.92. The van der Waals surface area contributed by atoms with Gasteiger partial charge in [-0.05, 0) is 18.6 Å². The number of anilines is 2. The lowest BCUT2D eigenvalue weighted by Gasteiger charge is -2.09. The Labute approximate surface area is 115 Å². The second-order valence-corrected chi connectivity index (χ2v) is 5.65. The van der Waals surface area contributed by atoms with Gasteiger partial charge in [-0.1, -0.05) is 12.1 Å². The largest absolute Gasteiger partial charge is 0.506 e. The molecular formula is C11H12N4O4S. The van der Waals surface area contributed by atoms with Crippen molar-refractivity contribution in [2.24, 2.45) is 0 Å². The summed E-state index contributed by atoms with van der Waals surface area (Å²) < 4.78 is 26.3. The van der Waals surface area contributed by atoms with Gasteiger partial charge in [-0.2, -0.15) is 4.98 Å². The van der Waals surface area contributed by atoms with Gasteiger partial charge >= 0.3 is 0 Å². The van der Waals surface area contributed by atoms with Gasteiger partial charge in [0, 0.05) is 0 Å². The number of nitrogen functional groups attached to an aromatic ring is 1. The molecule has 106 valence electrons. The Balaban J connectivity index is 2.41. The number of aromatic hydroxyl groups is 2. The van der Waals surface area contributed by atoms with Crippen molar-refractivity contribution >= 4 is 21.7 Å². The summed E-state index contributed by atoms with van der Waals surface area (Å²) in [5.74, 6) is -1.25. The van der Waals surface area contributed by atoms with Crippen LogP contribution in [0, 0.1) is 6.92 Å². The lowest BCUT2D eigenvalue weighted by atomic mass is 10.2. The summed E-state index contributed by atoms with van der Waals surface area (Å²) in [6, 6.07) is 4.30. The highest BCUT2D eigenvalue weighted by Crippen LogP contribution is 2.27. The van der Waals surface area contributed by atoms with Crippen LogP contribution in [0.3, 0.4) is 0 Å². The molecule has 2 aromatic rings. The molecule has 0 saturated heterocycles. The number of benzene rings is 1.